The van der Waals surface area contributed by atoms with Crippen molar-refractivity contribution in [3.63, 3.8) is 0 Å². The van der Waals surface area contributed by atoms with Gasteiger partial charge in [-0.3, -0.25) is 4.99 Å². The summed E-state index contributed by atoms with van der Waals surface area (Å²) in [6, 6.07) is 6.37. The molecule has 0 bridgehead atoms. The second-order valence-corrected chi connectivity index (χ2v) is 7.42. The molecule has 1 spiro atoms. The largest absolute Gasteiger partial charge is 0.334 e. The average molecular weight is 339 g/mol. The molecule has 2 aliphatic rings. The topological polar surface area (TPSA) is 24.4 Å². The molecule has 1 N–H and O–H groups in total. The van der Waals surface area contributed by atoms with E-state index in [1.807, 2.05) is 11.8 Å². The first kappa shape index (κ1) is 13.5. The first-order chi connectivity index (χ1) is 9.17. The Labute approximate surface area is 127 Å². The second kappa shape index (κ2) is 5.49. The Hall–Kier alpha value is -0.480. The molecule has 1 heterocycles. The van der Waals surface area contributed by atoms with E-state index in [2.05, 4.69) is 46.4 Å². The monoisotopic (exact) mass is 338 g/mol. The Bertz CT molecular complexity index is 507. The van der Waals surface area contributed by atoms with Gasteiger partial charge >= 0.3 is 0 Å². The van der Waals surface area contributed by atoms with Crippen LogP contribution in [0.25, 0.3) is 0 Å². The lowest BCUT2D eigenvalue weighted by Crippen LogP contribution is -2.29. The summed E-state index contributed by atoms with van der Waals surface area (Å²) in [5.74, 6) is 1.15. The van der Waals surface area contributed by atoms with Crippen LogP contribution in [0.4, 0.5) is 5.69 Å². The highest BCUT2D eigenvalue weighted by Gasteiger charge is 2.36. The Morgan fingerprint density at radius 3 is 2.84 bits per heavy atom. The van der Waals surface area contributed by atoms with Crippen LogP contribution in [0.5, 0.6) is 0 Å². The van der Waals surface area contributed by atoms with Crippen LogP contribution in [0.1, 0.15) is 37.7 Å². The third kappa shape index (κ3) is 3.00. The van der Waals surface area contributed by atoms with Crippen LogP contribution in [0.2, 0.25) is 0 Å². The van der Waals surface area contributed by atoms with Gasteiger partial charge in [-0.05, 0) is 53.4 Å². The maximum atomic E-state index is 4.99. The first-order valence-corrected chi connectivity index (χ1v) is 8.71. The summed E-state index contributed by atoms with van der Waals surface area (Å²) in [7, 11) is 0. The molecule has 1 aliphatic carbocycles. The number of aryl methyl sites for hydroxylation is 1. The number of nitrogens with one attached hydrogen (secondary N) is 1. The maximum absolute atomic E-state index is 4.99. The summed E-state index contributed by atoms with van der Waals surface area (Å²) in [6.07, 6.45) is 6.59. The van der Waals surface area contributed by atoms with Gasteiger partial charge in [0.1, 0.15) is 0 Å². The Balaban J connectivity index is 1.77. The zero-order valence-electron chi connectivity index (χ0n) is 11.2. The number of rotatable bonds is 1. The van der Waals surface area contributed by atoms with Gasteiger partial charge in [0.05, 0.1) is 11.2 Å². The van der Waals surface area contributed by atoms with Crippen LogP contribution >= 0.6 is 27.7 Å². The molecule has 19 heavy (non-hydrogen) atoms. The van der Waals surface area contributed by atoms with Crippen LogP contribution in [0.3, 0.4) is 0 Å². The van der Waals surface area contributed by atoms with E-state index < -0.39 is 0 Å². The van der Waals surface area contributed by atoms with Crippen molar-refractivity contribution in [3.8, 4) is 0 Å². The van der Waals surface area contributed by atoms with Crippen molar-refractivity contribution >= 4 is 38.5 Å². The minimum absolute atomic E-state index is 0.238. The highest BCUT2D eigenvalue weighted by molar-refractivity contribution is 9.10. The van der Waals surface area contributed by atoms with Gasteiger partial charge in [0.25, 0.3) is 0 Å². The molecule has 1 aliphatic heterocycles. The number of hydrogen-bond acceptors (Lipinski definition) is 3. The fraction of sp³-hybridized carbons (Fsp3) is 0.533. The Morgan fingerprint density at radius 2 is 2.05 bits per heavy atom. The summed E-state index contributed by atoms with van der Waals surface area (Å²) >= 11 is 5.47. The lowest BCUT2D eigenvalue weighted by molar-refractivity contribution is 0.335. The summed E-state index contributed by atoms with van der Waals surface area (Å²) in [4.78, 5) is 4.99. The molecule has 1 aromatic carbocycles. The molecule has 0 saturated heterocycles. The number of anilines is 1. The fourth-order valence-electron chi connectivity index (χ4n) is 2.86. The van der Waals surface area contributed by atoms with Crippen molar-refractivity contribution in [2.45, 2.75) is 44.6 Å². The van der Waals surface area contributed by atoms with Crippen LogP contribution in [0, 0.1) is 6.92 Å². The molecule has 102 valence electrons. The van der Waals surface area contributed by atoms with Gasteiger partial charge in [-0.25, -0.2) is 0 Å². The highest BCUT2D eigenvalue weighted by Crippen LogP contribution is 2.40. The summed E-state index contributed by atoms with van der Waals surface area (Å²) in [5.41, 5.74) is 2.63. The summed E-state index contributed by atoms with van der Waals surface area (Å²) < 4.78 is 1.10. The molecule has 0 aromatic heterocycles. The van der Waals surface area contributed by atoms with E-state index in [0.29, 0.717) is 0 Å². The third-order valence-corrected chi connectivity index (χ3v) is 5.80. The number of benzene rings is 1. The molecule has 0 atom stereocenters. The van der Waals surface area contributed by atoms with Crippen molar-refractivity contribution in [2.75, 3.05) is 11.1 Å². The van der Waals surface area contributed by atoms with E-state index in [-0.39, 0.29) is 5.54 Å². The van der Waals surface area contributed by atoms with Crippen molar-refractivity contribution in [2.24, 2.45) is 4.99 Å². The number of halogens is 1. The minimum atomic E-state index is 0.238. The lowest BCUT2D eigenvalue weighted by Gasteiger charge is -2.29. The average Bonchev–Trinajstić information content (AvgIpc) is 2.78. The molecular weight excluding hydrogens is 320 g/mol. The van der Waals surface area contributed by atoms with E-state index in [9.17, 15) is 0 Å². The van der Waals surface area contributed by atoms with Crippen LogP contribution in [0.15, 0.2) is 27.7 Å². The molecule has 2 nitrogen and oxygen atoms in total. The van der Waals surface area contributed by atoms with E-state index in [1.54, 1.807) is 0 Å². The SMILES string of the molecule is Cc1ccc(Br)c(NC2=NC3(CCCCC3)CS2)c1. The lowest BCUT2D eigenvalue weighted by atomic mass is 9.84. The van der Waals surface area contributed by atoms with Crippen molar-refractivity contribution in [1.29, 1.82) is 0 Å². The minimum Gasteiger partial charge on any atom is -0.334 e. The highest BCUT2D eigenvalue weighted by atomic mass is 79.9. The summed E-state index contributed by atoms with van der Waals surface area (Å²) in [6.45, 7) is 2.11. The molecule has 1 aromatic rings. The van der Waals surface area contributed by atoms with Gasteiger partial charge in [-0.15, -0.1) is 0 Å². The van der Waals surface area contributed by atoms with E-state index in [0.717, 1.165) is 21.1 Å². The van der Waals surface area contributed by atoms with Crippen molar-refractivity contribution < 1.29 is 0 Å². The Morgan fingerprint density at radius 1 is 1.26 bits per heavy atom. The smallest absolute Gasteiger partial charge is 0.161 e. The number of hydrogen-bond donors (Lipinski definition) is 1. The first-order valence-electron chi connectivity index (χ1n) is 6.93. The fourth-order valence-corrected chi connectivity index (χ4v) is 4.41. The summed E-state index contributed by atoms with van der Waals surface area (Å²) in [5, 5.41) is 4.58. The standard InChI is InChI=1S/C15H19BrN2S/c1-11-5-6-12(16)13(9-11)17-14-18-15(10-19-14)7-3-2-4-8-15/h5-6,9H,2-4,7-8,10H2,1H3,(H,17,18). The molecule has 0 amide bonds. The van der Waals surface area contributed by atoms with E-state index in [4.69, 9.17) is 4.99 Å². The van der Waals surface area contributed by atoms with Crippen LogP contribution in [-0.2, 0) is 0 Å². The van der Waals surface area contributed by atoms with Gasteiger partial charge in [0, 0.05) is 10.2 Å². The van der Waals surface area contributed by atoms with E-state index >= 15 is 0 Å². The molecule has 0 unspecified atom stereocenters. The number of thioether (sulfide) groups is 1. The van der Waals surface area contributed by atoms with Gasteiger partial charge in [-0.2, -0.15) is 0 Å². The van der Waals surface area contributed by atoms with Crippen molar-refractivity contribution in [1.82, 2.24) is 0 Å². The van der Waals surface area contributed by atoms with Gasteiger partial charge in [-0.1, -0.05) is 37.1 Å². The second-order valence-electron chi connectivity index (χ2n) is 5.60. The molecular formula is C15H19BrN2S. The number of aliphatic imine (C=N–C) groups is 1. The molecule has 0 radical (unpaired) electrons. The predicted octanol–water partition coefficient (Wildman–Crippen LogP) is 4.98. The van der Waals surface area contributed by atoms with Gasteiger partial charge in [0.15, 0.2) is 5.17 Å². The molecule has 1 fully saturated rings. The molecule has 1 saturated carbocycles. The maximum Gasteiger partial charge on any atom is 0.161 e. The van der Waals surface area contributed by atoms with Gasteiger partial charge in [0.2, 0.25) is 0 Å². The third-order valence-electron chi connectivity index (χ3n) is 3.96. The van der Waals surface area contributed by atoms with E-state index in [1.165, 1.54) is 37.7 Å². The van der Waals surface area contributed by atoms with Gasteiger partial charge < -0.3 is 5.32 Å². The molecule has 4 heteroatoms. The quantitative estimate of drug-likeness (QED) is 0.781. The predicted molar refractivity (Wildman–Crippen MR) is 88.2 cm³/mol. The van der Waals surface area contributed by atoms with Crippen LogP contribution < -0.4 is 5.32 Å². The van der Waals surface area contributed by atoms with Crippen molar-refractivity contribution in [3.05, 3.63) is 28.2 Å². The Kier molecular flexibility index (Phi) is 3.90. The molecule has 3 rings (SSSR count). The zero-order valence-corrected chi connectivity index (χ0v) is 13.6. The normalized spacial score (nSPS) is 21.5. The zero-order chi connectivity index (χ0) is 13.3. The number of amidine groups is 1. The number of nitrogens with zero attached hydrogens (tertiary/aromatic N) is 1. The van der Waals surface area contributed by atoms with Crippen LogP contribution in [-0.4, -0.2) is 16.5 Å².